The summed E-state index contributed by atoms with van der Waals surface area (Å²) in [5.74, 6) is 1.23. The van der Waals surface area contributed by atoms with Gasteiger partial charge in [0.1, 0.15) is 11.5 Å². The molecule has 0 saturated carbocycles. The first-order valence-corrected chi connectivity index (χ1v) is 7.30. The van der Waals surface area contributed by atoms with Gasteiger partial charge in [0.2, 0.25) is 0 Å². The van der Waals surface area contributed by atoms with E-state index in [2.05, 4.69) is 5.32 Å². The molecule has 1 amide bonds. The molecule has 0 radical (unpaired) electrons. The van der Waals surface area contributed by atoms with Crippen molar-refractivity contribution in [2.24, 2.45) is 0 Å². The number of benzene rings is 2. The summed E-state index contributed by atoms with van der Waals surface area (Å²) < 4.78 is 10.9. The molecule has 1 N–H and O–H groups in total. The van der Waals surface area contributed by atoms with Crippen LogP contribution in [0.2, 0.25) is 0 Å². The van der Waals surface area contributed by atoms with Crippen LogP contribution in [0.5, 0.6) is 11.5 Å². The number of carbonyl (C=O) groups excluding carboxylic acids is 1. The third-order valence-corrected chi connectivity index (χ3v) is 3.27. The Bertz CT molecular complexity index is 640. The van der Waals surface area contributed by atoms with Crippen LogP contribution in [-0.4, -0.2) is 19.1 Å². The van der Waals surface area contributed by atoms with E-state index in [0.717, 1.165) is 5.56 Å². The van der Waals surface area contributed by atoms with Crippen molar-refractivity contribution in [1.29, 1.82) is 0 Å². The van der Waals surface area contributed by atoms with E-state index >= 15 is 0 Å². The van der Waals surface area contributed by atoms with E-state index in [4.69, 9.17) is 9.47 Å². The number of carbonyl (C=O) groups is 1. The predicted octanol–water partition coefficient (Wildman–Crippen LogP) is 3.80. The highest BCUT2D eigenvalue weighted by atomic mass is 16.5. The highest BCUT2D eigenvalue weighted by Crippen LogP contribution is 2.19. The zero-order valence-electron chi connectivity index (χ0n) is 13.1. The Balaban J connectivity index is 2.05. The zero-order valence-corrected chi connectivity index (χ0v) is 13.1. The quantitative estimate of drug-likeness (QED) is 0.882. The minimum absolute atomic E-state index is 0.169. The number of methoxy groups -OCH3 is 1. The molecule has 0 fully saturated rings. The molecule has 1 atom stereocenters. The van der Waals surface area contributed by atoms with Crippen molar-refractivity contribution in [3.05, 3.63) is 54.1 Å². The van der Waals surface area contributed by atoms with Crippen molar-refractivity contribution >= 4 is 11.6 Å². The summed E-state index contributed by atoms with van der Waals surface area (Å²) in [4.78, 5) is 12.4. The van der Waals surface area contributed by atoms with Gasteiger partial charge in [0.05, 0.1) is 7.11 Å². The Morgan fingerprint density at radius 1 is 1.14 bits per heavy atom. The van der Waals surface area contributed by atoms with Gasteiger partial charge in [-0.15, -0.1) is 0 Å². The van der Waals surface area contributed by atoms with Crippen LogP contribution in [-0.2, 0) is 4.79 Å². The molecule has 0 bridgehead atoms. The third kappa shape index (κ3) is 4.25. The Hall–Kier alpha value is -2.49. The summed E-state index contributed by atoms with van der Waals surface area (Å²) in [6.07, 6.45) is 0.0528. The standard InChI is InChI=1S/C18H21NO3/c1-4-17(22-16-10-5-7-13(2)11-16)18(20)19-14-8-6-9-15(12-14)21-3/h5-12,17H,4H2,1-3H3,(H,19,20)/t17-/m0/s1. The summed E-state index contributed by atoms with van der Waals surface area (Å²) in [7, 11) is 1.59. The topological polar surface area (TPSA) is 47.6 Å². The molecule has 2 aromatic rings. The molecule has 0 saturated heterocycles. The molecule has 116 valence electrons. The first-order chi connectivity index (χ1) is 10.6. The molecule has 0 aromatic heterocycles. The predicted molar refractivity (Wildman–Crippen MR) is 87.5 cm³/mol. The van der Waals surface area contributed by atoms with Gasteiger partial charge in [-0.25, -0.2) is 0 Å². The second kappa shape index (κ2) is 7.50. The van der Waals surface area contributed by atoms with Gasteiger partial charge in [-0.2, -0.15) is 0 Å². The van der Waals surface area contributed by atoms with Crippen LogP contribution in [0, 0.1) is 6.92 Å². The second-order valence-electron chi connectivity index (χ2n) is 5.05. The molecule has 0 aliphatic carbocycles. The van der Waals surface area contributed by atoms with E-state index in [-0.39, 0.29) is 5.91 Å². The van der Waals surface area contributed by atoms with Gasteiger partial charge in [-0.3, -0.25) is 4.79 Å². The maximum atomic E-state index is 12.4. The average molecular weight is 299 g/mol. The lowest BCUT2D eigenvalue weighted by molar-refractivity contribution is -0.122. The maximum absolute atomic E-state index is 12.4. The zero-order chi connectivity index (χ0) is 15.9. The summed E-state index contributed by atoms with van der Waals surface area (Å²) >= 11 is 0. The van der Waals surface area contributed by atoms with Crippen LogP contribution in [0.3, 0.4) is 0 Å². The van der Waals surface area contributed by atoms with Gasteiger partial charge < -0.3 is 14.8 Å². The monoisotopic (exact) mass is 299 g/mol. The van der Waals surface area contributed by atoms with E-state index in [0.29, 0.717) is 23.6 Å². The highest BCUT2D eigenvalue weighted by Gasteiger charge is 2.18. The van der Waals surface area contributed by atoms with Crippen LogP contribution in [0.15, 0.2) is 48.5 Å². The number of hydrogen-bond acceptors (Lipinski definition) is 3. The minimum atomic E-state index is -0.534. The fourth-order valence-corrected chi connectivity index (χ4v) is 2.10. The van der Waals surface area contributed by atoms with Gasteiger partial charge >= 0.3 is 0 Å². The van der Waals surface area contributed by atoms with Gasteiger partial charge in [0.15, 0.2) is 6.10 Å². The number of aryl methyl sites for hydroxylation is 1. The Kier molecular flexibility index (Phi) is 5.42. The molecule has 2 rings (SSSR count). The lowest BCUT2D eigenvalue weighted by Gasteiger charge is -2.17. The molecule has 0 aliphatic heterocycles. The van der Waals surface area contributed by atoms with Gasteiger partial charge in [-0.05, 0) is 43.2 Å². The Morgan fingerprint density at radius 3 is 2.55 bits per heavy atom. The lowest BCUT2D eigenvalue weighted by Crippen LogP contribution is -2.32. The average Bonchev–Trinajstić information content (AvgIpc) is 2.52. The van der Waals surface area contributed by atoms with Gasteiger partial charge in [-0.1, -0.05) is 25.1 Å². The molecule has 22 heavy (non-hydrogen) atoms. The number of rotatable bonds is 6. The number of ether oxygens (including phenoxy) is 2. The van der Waals surface area contributed by atoms with Gasteiger partial charge in [0.25, 0.3) is 5.91 Å². The summed E-state index contributed by atoms with van der Waals surface area (Å²) in [6, 6.07) is 14.9. The van der Waals surface area contributed by atoms with E-state index in [9.17, 15) is 4.79 Å². The fraction of sp³-hybridized carbons (Fsp3) is 0.278. The van der Waals surface area contributed by atoms with Crippen LogP contribution in [0.25, 0.3) is 0 Å². The summed E-state index contributed by atoms with van der Waals surface area (Å²) in [5, 5.41) is 2.86. The van der Waals surface area contributed by atoms with Gasteiger partial charge in [0, 0.05) is 11.8 Å². The molecular weight excluding hydrogens is 278 g/mol. The summed E-state index contributed by atoms with van der Waals surface area (Å²) in [5.41, 5.74) is 1.79. The van der Waals surface area contributed by atoms with Crippen molar-refractivity contribution in [3.8, 4) is 11.5 Å². The summed E-state index contributed by atoms with van der Waals surface area (Å²) in [6.45, 7) is 3.91. The van der Waals surface area contributed by atoms with E-state index in [1.165, 1.54) is 0 Å². The number of nitrogens with one attached hydrogen (secondary N) is 1. The molecule has 0 heterocycles. The Labute approximate surface area is 131 Å². The van der Waals surface area contributed by atoms with E-state index < -0.39 is 6.10 Å². The smallest absolute Gasteiger partial charge is 0.265 e. The third-order valence-electron chi connectivity index (χ3n) is 3.27. The Morgan fingerprint density at radius 2 is 1.86 bits per heavy atom. The molecule has 0 unspecified atom stereocenters. The maximum Gasteiger partial charge on any atom is 0.265 e. The van der Waals surface area contributed by atoms with Crippen LogP contribution in [0.1, 0.15) is 18.9 Å². The minimum Gasteiger partial charge on any atom is -0.497 e. The number of amides is 1. The first-order valence-electron chi connectivity index (χ1n) is 7.30. The van der Waals surface area contributed by atoms with Crippen molar-refractivity contribution in [1.82, 2.24) is 0 Å². The normalized spacial score (nSPS) is 11.6. The van der Waals surface area contributed by atoms with Crippen molar-refractivity contribution in [3.63, 3.8) is 0 Å². The largest absolute Gasteiger partial charge is 0.497 e. The molecule has 0 aliphatic rings. The second-order valence-corrected chi connectivity index (χ2v) is 5.05. The molecular formula is C18H21NO3. The fourth-order valence-electron chi connectivity index (χ4n) is 2.10. The lowest BCUT2D eigenvalue weighted by atomic mass is 10.2. The van der Waals surface area contributed by atoms with Crippen molar-refractivity contribution < 1.29 is 14.3 Å². The van der Waals surface area contributed by atoms with Crippen LogP contribution >= 0.6 is 0 Å². The van der Waals surface area contributed by atoms with E-state index in [1.54, 1.807) is 13.2 Å². The molecule has 0 spiro atoms. The number of anilines is 1. The van der Waals surface area contributed by atoms with Crippen molar-refractivity contribution in [2.75, 3.05) is 12.4 Å². The first kappa shape index (κ1) is 15.9. The number of hydrogen-bond donors (Lipinski definition) is 1. The van der Waals surface area contributed by atoms with E-state index in [1.807, 2.05) is 56.3 Å². The molecule has 4 nitrogen and oxygen atoms in total. The van der Waals surface area contributed by atoms with Crippen molar-refractivity contribution in [2.45, 2.75) is 26.4 Å². The highest BCUT2D eigenvalue weighted by molar-refractivity contribution is 5.94. The molecule has 2 aromatic carbocycles. The van der Waals surface area contributed by atoms with Crippen LogP contribution in [0.4, 0.5) is 5.69 Å². The SMILES string of the molecule is CC[C@H](Oc1cccc(C)c1)C(=O)Nc1cccc(OC)c1. The van der Waals surface area contributed by atoms with Crippen LogP contribution < -0.4 is 14.8 Å². The molecule has 4 heteroatoms.